The fraction of sp³-hybridized carbons (Fsp3) is 0.214. The van der Waals surface area contributed by atoms with Crippen molar-refractivity contribution >= 4 is 5.91 Å². The van der Waals surface area contributed by atoms with E-state index < -0.39 is 0 Å². The highest BCUT2D eigenvalue weighted by atomic mass is 16.5. The SMILES string of the molecule is COCc1ccccc1CNC(=O)c1ccoc1. The lowest BCUT2D eigenvalue weighted by atomic mass is 10.1. The molecule has 4 nitrogen and oxygen atoms in total. The second-order valence-electron chi connectivity index (χ2n) is 3.90. The minimum atomic E-state index is -0.143. The van der Waals surface area contributed by atoms with Crippen LogP contribution in [-0.4, -0.2) is 13.0 Å². The third-order valence-corrected chi connectivity index (χ3v) is 2.64. The first kappa shape index (κ1) is 12.4. The number of hydrogen-bond donors (Lipinski definition) is 1. The van der Waals surface area contributed by atoms with Gasteiger partial charge in [0.05, 0.1) is 18.4 Å². The summed E-state index contributed by atoms with van der Waals surface area (Å²) in [6, 6.07) is 9.50. The summed E-state index contributed by atoms with van der Waals surface area (Å²) in [6.07, 6.45) is 2.91. The molecule has 0 aliphatic heterocycles. The normalized spacial score (nSPS) is 10.3. The molecule has 0 bridgehead atoms. The summed E-state index contributed by atoms with van der Waals surface area (Å²) >= 11 is 0. The summed E-state index contributed by atoms with van der Waals surface area (Å²) in [5.74, 6) is -0.143. The highest BCUT2D eigenvalue weighted by Gasteiger charge is 2.07. The zero-order valence-electron chi connectivity index (χ0n) is 10.2. The van der Waals surface area contributed by atoms with Crippen LogP contribution in [0.5, 0.6) is 0 Å². The quantitative estimate of drug-likeness (QED) is 0.879. The highest BCUT2D eigenvalue weighted by molar-refractivity contribution is 5.93. The van der Waals surface area contributed by atoms with Gasteiger partial charge in [-0.25, -0.2) is 0 Å². The standard InChI is InChI=1S/C14H15NO3/c1-17-9-12-5-3-2-4-11(12)8-15-14(16)13-6-7-18-10-13/h2-7,10H,8-9H2,1H3,(H,15,16). The molecule has 94 valence electrons. The summed E-state index contributed by atoms with van der Waals surface area (Å²) in [6.45, 7) is 1.02. The van der Waals surface area contributed by atoms with Crippen LogP contribution in [0.4, 0.5) is 0 Å². The van der Waals surface area contributed by atoms with Crippen molar-refractivity contribution in [1.82, 2.24) is 5.32 Å². The number of carbonyl (C=O) groups is 1. The summed E-state index contributed by atoms with van der Waals surface area (Å²) in [7, 11) is 1.65. The zero-order valence-corrected chi connectivity index (χ0v) is 10.2. The van der Waals surface area contributed by atoms with E-state index >= 15 is 0 Å². The molecule has 1 aromatic carbocycles. The Labute approximate surface area is 106 Å². The van der Waals surface area contributed by atoms with Crippen LogP contribution in [0.25, 0.3) is 0 Å². The van der Waals surface area contributed by atoms with Crippen LogP contribution >= 0.6 is 0 Å². The predicted octanol–water partition coefficient (Wildman–Crippen LogP) is 2.36. The average molecular weight is 245 g/mol. The van der Waals surface area contributed by atoms with Crippen LogP contribution in [0.15, 0.2) is 47.3 Å². The topological polar surface area (TPSA) is 51.5 Å². The number of ether oxygens (including phenoxy) is 1. The minimum absolute atomic E-state index is 0.143. The first-order chi connectivity index (χ1) is 8.81. The molecule has 0 atom stereocenters. The van der Waals surface area contributed by atoms with Crippen molar-refractivity contribution in [3.63, 3.8) is 0 Å². The smallest absolute Gasteiger partial charge is 0.254 e. The number of furan rings is 1. The number of amides is 1. The third kappa shape index (κ3) is 2.99. The maximum absolute atomic E-state index is 11.7. The molecular weight excluding hydrogens is 230 g/mol. The van der Waals surface area contributed by atoms with Crippen molar-refractivity contribution in [2.24, 2.45) is 0 Å². The first-order valence-electron chi connectivity index (χ1n) is 5.67. The summed E-state index contributed by atoms with van der Waals surface area (Å²) in [4.78, 5) is 11.7. The molecule has 2 rings (SSSR count). The van der Waals surface area contributed by atoms with Gasteiger partial charge in [-0.3, -0.25) is 4.79 Å². The number of methoxy groups -OCH3 is 1. The van der Waals surface area contributed by atoms with Crippen molar-refractivity contribution < 1.29 is 13.9 Å². The Balaban J connectivity index is 2.00. The maximum Gasteiger partial charge on any atom is 0.254 e. The van der Waals surface area contributed by atoms with E-state index in [0.29, 0.717) is 18.7 Å². The van der Waals surface area contributed by atoms with Gasteiger partial charge in [-0.15, -0.1) is 0 Å². The molecule has 0 spiro atoms. The molecule has 0 saturated carbocycles. The predicted molar refractivity (Wildman–Crippen MR) is 67.0 cm³/mol. The molecule has 1 amide bonds. The zero-order chi connectivity index (χ0) is 12.8. The summed E-state index contributed by atoms with van der Waals surface area (Å²) in [5.41, 5.74) is 2.66. The molecule has 1 heterocycles. The van der Waals surface area contributed by atoms with Crippen molar-refractivity contribution in [2.75, 3.05) is 7.11 Å². The van der Waals surface area contributed by atoms with E-state index in [9.17, 15) is 4.79 Å². The first-order valence-corrected chi connectivity index (χ1v) is 5.67. The van der Waals surface area contributed by atoms with Gasteiger partial charge < -0.3 is 14.5 Å². The Morgan fingerprint density at radius 2 is 2.06 bits per heavy atom. The van der Waals surface area contributed by atoms with Gasteiger partial charge in [-0.2, -0.15) is 0 Å². The fourth-order valence-electron chi connectivity index (χ4n) is 1.70. The van der Waals surface area contributed by atoms with E-state index in [0.717, 1.165) is 11.1 Å². The Hall–Kier alpha value is -2.07. The average Bonchev–Trinajstić information content (AvgIpc) is 2.92. The summed E-state index contributed by atoms with van der Waals surface area (Å²) in [5, 5.41) is 2.85. The van der Waals surface area contributed by atoms with Gasteiger partial charge >= 0.3 is 0 Å². The lowest BCUT2D eigenvalue weighted by Crippen LogP contribution is -2.22. The van der Waals surface area contributed by atoms with E-state index in [1.165, 1.54) is 12.5 Å². The lowest BCUT2D eigenvalue weighted by Gasteiger charge is -2.09. The molecule has 0 aliphatic carbocycles. The highest BCUT2D eigenvalue weighted by Crippen LogP contribution is 2.10. The number of carbonyl (C=O) groups excluding carboxylic acids is 1. The molecule has 4 heteroatoms. The van der Waals surface area contributed by atoms with Gasteiger partial charge in [0.1, 0.15) is 6.26 Å². The van der Waals surface area contributed by atoms with E-state index in [1.54, 1.807) is 13.2 Å². The van der Waals surface area contributed by atoms with E-state index in [2.05, 4.69) is 5.32 Å². The molecule has 0 fully saturated rings. The van der Waals surface area contributed by atoms with Crippen molar-refractivity contribution in [3.8, 4) is 0 Å². The second kappa shape index (κ2) is 6.02. The van der Waals surface area contributed by atoms with Crippen LogP contribution in [0, 0.1) is 0 Å². The Kier molecular flexibility index (Phi) is 4.15. The molecule has 1 N–H and O–H groups in total. The maximum atomic E-state index is 11.7. The minimum Gasteiger partial charge on any atom is -0.472 e. The van der Waals surface area contributed by atoms with Crippen LogP contribution in [0.1, 0.15) is 21.5 Å². The molecule has 0 radical (unpaired) electrons. The van der Waals surface area contributed by atoms with E-state index in [1.807, 2.05) is 24.3 Å². The molecule has 2 aromatic rings. The molecule has 0 saturated heterocycles. The van der Waals surface area contributed by atoms with Crippen molar-refractivity contribution in [1.29, 1.82) is 0 Å². The van der Waals surface area contributed by atoms with E-state index in [4.69, 9.17) is 9.15 Å². The van der Waals surface area contributed by atoms with Gasteiger partial charge in [-0.1, -0.05) is 24.3 Å². The molecule has 1 aromatic heterocycles. The largest absolute Gasteiger partial charge is 0.472 e. The van der Waals surface area contributed by atoms with Crippen LogP contribution in [0.2, 0.25) is 0 Å². The molecular formula is C14H15NO3. The number of nitrogens with one attached hydrogen (secondary N) is 1. The third-order valence-electron chi connectivity index (χ3n) is 2.64. The van der Waals surface area contributed by atoms with Crippen LogP contribution in [-0.2, 0) is 17.9 Å². The molecule has 0 aliphatic rings. The Morgan fingerprint density at radius 3 is 2.72 bits per heavy atom. The summed E-state index contributed by atoms with van der Waals surface area (Å²) < 4.78 is 9.99. The van der Waals surface area contributed by atoms with Crippen LogP contribution in [0.3, 0.4) is 0 Å². The number of benzene rings is 1. The molecule has 18 heavy (non-hydrogen) atoms. The Bertz CT molecular complexity index is 506. The second-order valence-corrected chi connectivity index (χ2v) is 3.90. The van der Waals surface area contributed by atoms with Crippen LogP contribution < -0.4 is 5.32 Å². The van der Waals surface area contributed by atoms with Gasteiger partial charge in [0.2, 0.25) is 0 Å². The lowest BCUT2D eigenvalue weighted by molar-refractivity contribution is 0.0950. The van der Waals surface area contributed by atoms with Gasteiger partial charge in [0, 0.05) is 13.7 Å². The van der Waals surface area contributed by atoms with Gasteiger partial charge in [-0.05, 0) is 17.2 Å². The molecule has 0 unspecified atom stereocenters. The van der Waals surface area contributed by atoms with Gasteiger partial charge in [0.25, 0.3) is 5.91 Å². The monoisotopic (exact) mass is 245 g/mol. The van der Waals surface area contributed by atoms with Crippen molar-refractivity contribution in [2.45, 2.75) is 13.2 Å². The van der Waals surface area contributed by atoms with Crippen molar-refractivity contribution in [3.05, 3.63) is 59.5 Å². The fourth-order valence-corrected chi connectivity index (χ4v) is 1.70. The number of rotatable bonds is 5. The number of hydrogen-bond acceptors (Lipinski definition) is 3. The Morgan fingerprint density at radius 1 is 1.28 bits per heavy atom. The van der Waals surface area contributed by atoms with E-state index in [-0.39, 0.29) is 5.91 Å². The van der Waals surface area contributed by atoms with Gasteiger partial charge in [0.15, 0.2) is 0 Å².